The lowest BCUT2D eigenvalue weighted by Crippen LogP contribution is -2.49. The largest absolute Gasteiger partial charge is 0.327 e. The highest BCUT2D eigenvalue weighted by molar-refractivity contribution is 4.92. The number of hydrogen-bond donors (Lipinski definition) is 1. The summed E-state index contributed by atoms with van der Waals surface area (Å²) in [5, 5.41) is 0. The smallest absolute Gasteiger partial charge is 0.0124 e. The summed E-state index contributed by atoms with van der Waals surface area (Å²) < 4.78 is 0. The monoisotopic (exact) mass is 264 g/mol. The average molecular weight is 264 g/mol. The molecule has 0 aromatic rings. The Morgan fingerprint density at radius 1 is 1.05 bits per heavy atom. The van der Waals surface area contributed by atoms with E-state index in [1.807, 2.05) is 0 Å². The maximum atomic E-state index is 6.42. The van der Waals surface area contributed by atoms with E-state index in [-0.39, 0.29) is 0 Å². The summed E-state index contributed by atoms with van der Waals surface area (Å²) >= 11 is 0. The third-order valence-electron chi connectivity index (χ3n) is 6.30. The van der Waals surface area contributed by atoms with E-state index in [0.717, 1.165) is 23.8 Å². The quantitative estimate of drug-likeness (QED) is 0.846. The molecule has 0 radical (unpaired) electrons. The second-order valence-electron chi connectivity index (χ2n) is 7.41. The third-order valence-corrected chi connectivity index (χ3v) is 6.30. The van der Waals surface area contributed by atoms with Crippen LogP contribution in [0.15, 0.2) is 0 Å². The SMILES string of the molecule is CCC1CCC(N)C(CN2CCCC3CCCC32)C1. The Balaban J connectivity index is 1.59. The maximum absolute atomic E-state index is 6.42. The van der Waals surface area contributed by atoms with Crippen molar-refractivity contribution in [3.8, 4) is 0 Å². The molecule has 2 saturated carbocycles. The summed E-state index contributed by atoms with van der Waals surface area (Å²) in [6.07, 6.45) is 12.8. The lowest BCUT2D eigenvalue weighted by Gasteiger charge is -2.43. The summed E-state index contributed by atoms with van der Waals surface area (Å²) in [5.74, 6) is 2.75. The van der Waals surface area contributed by atoms with Crippen LogP contribution in [0.3, 0.4) is 0 Å². The summed E-state index contributed by atoms with van der Waals surface area (Å²) in [7, 11) is 0. The number of rotatable bonds is 3. The van der Waals surface area contributed by atoms with Crippen LogP contribution in [0.4, 0.5) is 0 Å². The van der Waals surface area contributed by atoms with Crippen molar-refractivity contribution in [3.05, 3.63) is 0 Å². The molecule has 2 aliphatic carbocycles. The van der Waals surface area contributed by atoms with Crippen molar-refractivity contribution >= 4 is 0 Å². The fourth-order valence-corrected chi connectivity index (χ4v) is 5.05. The molecule has 0 spiro atoms. The molecular formula is C17H32N2. The van der Waals surface area contributed by atoms with E-state index >= 15 is 0 Å². The van der Waals surface area contributed by atoms with Gasteiger partial charge in [0.25, 0.3) is 0 Å². The second kappa shape index (κ2) is 6.13. The number of fused-ring (bicyclic) bond motifs is 1. The molecule has 0 amide bonds. The van der Waals surface area contributed by atoms with Crippen LogP contribution in [0.5, 0.6) is 0 Å². The number of hydrogen-bond acceptors (Lipinski definition) is 2. The van der Waals surface area contributed by atoms with Crippen LogP contribution >= 0.6 is 0 Å². The van der Waals surface area contributed by atoms with Crippen LogP contribution < -0.4 is 5.73 Å². The number of piperidine rings is 1. The highest BCUT2D eigenvalue weighted by atomic mass is 15.2. The van der Waals surface area contributed by atoms with Gasteiger partial charge >= 0.3 is 0 Å². The molecule has 0 aromatic carbocycles. The molecule has 2 N–H and O–H groups in total. The first-order chi connectivity index (χ1) is 9.28. The van der Waals surface area contributed by atoms with Gasteiger partial charge in [-0.15, -0.1) is 0 Å². The molecule has 1 aliphatic heterocycles. The van der Waals surface area contributed by atoms with E-state index in [1.165, 1.54) is 70.9 Å². The predicted molar refractivity (Wildman–Crippen MR) is 81.0 cm³/mol. The van der Waals surface area contributed by atoms with Crippen LogP contribution in [-0.2, 0) is 0 Å². The minimum atomic E-state index is 0.476. The molecule has 5 atom stereocenters. The van der Waals surface area contributed by atoms with Gasteiger partial charge in [-0.2, -0.15) is 0 Å². The Labute approximate surface area is 119 Å². The van der Waals surface area contributed by atoms with Gasteiger partial charge in [0.05, 0.1) is 0 Å². The van der Waals surface area contributed by atoms with Gasteiger partial charge in [-0.05, 0) is 69.2 Å². The van der Waals surface area contributed by atoms with Crippen molar-refractivity contribution < 1.29 is 0 Å². The van der Waals surface area contributed by atoms with E-state index in [0.29, 0.717) is 6.04 Å². The molecule has 1 heterocycles. The molecule has 3 rings (SSSR count). The fraction of sp³-hybridized carbons (Fsp3) is 1.00. The minimum Gasteiger partial charge on any atom is -0.327 e. The van der Waals surface area contributed by atoms with Crippen LogP contribution in [-0.4, -0.2) is 30.1 Å². The van der Waals surface area contributed by atoms with Crippen LogP contribution in [0.2, 0.25) is 0 Å². The van der Waals surface area contributed by atoms with E-state index in [1.54, 1.807) is 0 Å². The number of nitrogens with two attached hydrogens (primary N) is 1. The first-order valence-electron chi connectivity index (χ1n) is 8.77. The molecule has 110 valence electrons. The average Bonchev–Trinajstić information content (AvgIpc) is 2.90. The topological polar surface area (TPSA) is 29.3 Å². The van der Waals surface area contributed by atoms with E-state index in [2.05, 4.69) is 11.8 Å². The van der Waals surface area contributed by atoms with Gasteiger partial charge in [-0.1, -0.05) is 19.8 Å². The number of nitrogens with zero attached hydrogens (tertiary/aromatic N) is 1. The summed E-state index contributed by atoms with van der Waals surface area (Å²) in [6, 6.07) is 1.40. The van der Waals surface area contributed by atoms with Crippen molar-refractivity contribution in [1.29, 1.82) is 0 Å². The molecule has 3 aliphatic rings. The molecule has 1 saturated heterocycles. The van der Waals surface area contributed by atoms with Gasteiger partial charge in [-0.3, -0.25) is 4.90 Å². The highest BCUT2D eigenvalue weighted by Crippen LogP contribution is 2.38. The zero-order valence-electron chi connectivity index (χ0n) is 12.7. The van der Waals surface area contributed by atoms with E-state index in [9.17, 15) is 0 Å². The molecule has 0 bridgehead atoms. The van der Waals surface area contributed by atoms with E-state index in [4.69, 9.17) is 5.73 Å². The minimum absolute atomic E-state index is 0.476. The Morgan fingerprint density at radius 2 is 1.89 bits per heavy atom. The van der Waals surface area contributed by atoms with Gasteiger partial charge in [0, 0.05) is 18.6 Å². The molecule has 0 aromatic heterocycles. The van der Waals surface area contributed by atoms with Crippen molar-refractivity contribution in [1.82, 2.24) is 4.90 Å². The van der Waals surface area contributed by atoms with Crippen molar-refractivity contribution in [2.24, 2.45) is 23.5 Å². The number of likely N-dealkylation sites (tertiary alicyclic amines) is 1. The Morgan fingerprint density at radius 3 is 2.74 bits per heavy atom. The van der Waals surface area contributed by atoms with Gasteiger partial charge in [0.15, 0.2) is 0 Å². The normalized spacial score (nSPS) is 44.2. The van der Waals surface area contributed by atoms with Crippen molar-refractivity contribution in [2.75, 3.05) is 13.1 Å². The summed E-state index contributed by atoms with van der Waals surface area (Å²) in [5.41, 5.74) is 6.42. The standard InChI is InChI=1S/C17H32N2/c1-2-13-8-9-16(18)15(11-13)12-19-10-4-6-14-5-3-7-17(14)19/h13-17H,2-12,18H2,1H3. The lowest BCUT2D eigenvalue weighted by molar-refractivity contribution is 0.0720. The molecule has 19 heavy (non-hydrogen) atoms. The second-order valence-corrected chi connectivity index (χ2v) is 7.41. The van der Waals surface area contributed by atoms with Crippen LogP contribution in [0.1, 0.15) is 64.7 Å². The molecule has 2 nitrogen and oxygen atoms in total. The summed E-state index contributed by atoms with van der Waals surface area (Å²) in [6.45, 7) is 5.01. The fourth-order valence-electron chi connectivity index (χ4n) is 5.05. The van der Waals surface area contributed by atoms with Crippen molar-refractivity contribution in [3.63, 3.8) is 0 Å². The first-order valence-corrected chi connectivity index (χ1v) is 8.77. The van der Waals surface area contributed by atoms with Gasteiger partial charge in [0.2, 0.25) is 0 Å². The third kappa shape index (κ3) is 3.00. The Bertz CT molecular complexity index is 291. The zero-order chi connectivity index (χ0) is 13.2. The van der Waals surface area contributed by atoms with Crippen molar-refractivity contribution in [2.45, 2.75) is 76.8 Å². The Kier molecular flexibility index (Phi) is 4.48. The van der Waals surface area contributed by atoms with Gasteiger partial charge in [-0.25, -0.2) is 0 Å². The lowest BCUT2D eigenvalue weighted by atomic mass is 9.76. The molecular weight excluding hydrogens is 232 g/mol. The van der Waals surface area contributed by atoms with E-state index < -0.39 is 0 Å². The maximum Gasteiger partial charge on any atom is 0.0124 e. The molecule has 3 fully saturated rings. The first kappa shape index (κ1) is 13.9. The zero-order valence-corrected chi connectivity index (χ0v) is 12.7. The van der Waals surface area contributed by atoms with Crippen LogP contribution in [0, 0.1) is 17.8 Å². The predicted octanol–water partition coefficient (Wildman–Crippen LogP) is 3.40. The Hall–Kier alpha value is -0.0800. The summed E-state index contributed by atoms with van der Waals surface area (Å²) in [4.78, 5) is 2.84. The van der Waals surface area contributed by atoms with Gasteiger partial charge < -0.3 is 5.73 Å². The van der Waals surface area contributed by atoms with Gasteiger partial charge in [0.1, 0.15) is 0 Å². The molecule has 2 heteroatoms. The highest BCUT2D eigenvalue weighted by Gasteiger charge is 2.37. The van der Waals surface area contributed by atoms with Crippen LogP contribution in [0.25, 0.3) is 0 Å². The molecule has 5 unspecified atom stereocenters.